The topological polar surface area (TPSA) is 61.0 Å². The Bertz CT molecular complexity index is 33.3. The van der Waals surface area contributed by atoms with E-state index in [0.29, 0.717) is 6.61 Å². The van der Waals surface area contributed by atoms with E-state index in [9.17, 15) is 0 Å². The second-order valence-electron chi connectivity index (χ2n) is 1.69. The zero-order valence-electron chi connectivity index (χ0n) is 5.89. The Labute approximate surface area is 56.0 Å². The van der Waals surface area contributed by atoms with E-state index >= 15 is 0 Å². The molecule has 0 heterocycles. The first kappa shape index (κ1) is 11.6. The number of aliphatic hydroxyl groups is 1. The van der Waals surface area contributed by atoms with Gasteiger partial charge in [-0.2, -0.15) is 0 Å². The van der Waals surface area contributed by atoms with Crippen LogP contribution < -0.4 is 0 Å². The quantitative estimate of drug-likeness (QED) is 0.539. The van der Waals surface area contributed by atoms with Crippen molar-refractivity contribution in [3.8, 4) is 0 Å². The van der Waals surface area contributed by atoms with Crippen molar-refractivity contribution in [2.75, 3.05) is 19.8 Å². The third-order valence-corrected chi connectivity index (χ3v) is 0.878. The Kier molecular flexibility index (Phi) is 14.0. The van der Waals surface area contributed by atoms with Crippen molar-refractivity contribution in [1.29, 1.82) is 0 Å². The van der Waals surface area contributed by atoms with Gasteiger partial charge in [0.2, 0.25) is 0 Å². The summed E-state index contributed by atoms with van der Waals surface area (Å²) < 4.78 is 4.97. The number of aliphatic hydroxyl groups excluding tert-OH is 1. The van der Waals surface area contributed by atoms with Crippen LogP contribution in [0.25, 0.3) is 0 Å². The lowest BCUT2D eigenvalue weighted by Crippen LogP contribution is -1.99. The number of ether oxygens (including phenoxy) is 1. The lowest BCUT2D eigenvalue weighted by atomic mass is 10.4. The fourth-order valence-corrected chi connectivity index (χ4v) is 0.413. The molecule has 0 aliphatic heterocycles. The van der Waals surface area contributed by atoms with E-state index in [1.54, 1.807) is 0 Å². The van der Waals surface area contributed by atoms with E-state index in [1.165, 1.54) is 0 Å². The van der Waals surface area contributed by atoms with Crippen molar-refractivity contribution in [3.63, 3.8) is 0 Å². The van der Waals surface area contributed by atoms with Gasteiger partial charge in [-0.1, -0.05) is 13.3 Å². The number of unbranched alkanes of at least 4 members (excludes halogenated alkanes) is 1. The SMILES string of the molecule is CCCCOCCO.O. The third-order valence-electron chi connectivity index (χ3n) is 0.878. The van der Waals surface area contributed by atoms with Gasteiger partial charge in [-0.25, -0.2) is 0 Å². The highest BCUT2D eigenvalue weighted by Crippen LogP contribution is 1.85. The van der Waals surface area contributed by atoms with Gasteiger partial charge in [0.15, 0.2) is 0 Å². The van der Waals surface area contributed by atoms with Gasteiger partial charge in [-0.05, 0) is 6.42 Å². The molecule has 0 saturated heterocycles. The minimum absolute atomic E-state index is 0. The summed E-state index contributed by atoms with van der Waals surface area (Å²) in [4.78, 5) is 0. The maximum absolute atomic E-state index is 8.24. The molecular weight excluding hydrogens is 120 g/mol. The maximum atomic E-state index is 8.24. The second kappa shape index (κ2) is 10.8. The van der Waals surface area contributed by atoms with E-state index in [-0.39, 0.29) is 12.1 Å². The standard InChI is InChI=1S/C6H14O2.H2O/c1-2-3-5-8-6-4-7;/h7H,2-6H2,1H3;1H2. The van der Waals surface area contributed by atoms with Gasteiger partial charge in [-0.3, -0.25) is 0 Å². The van der Waals surface area contributed by atoms with Crippen LogP contribution in [0.2, 0.25) is 0 Å². The second-order valence-corrected chi connectivity index (χ2v) is 1.69. The number of hydrogen-bond donors (Lipinski definition) is 1. The summed E-state index contributed by atoms with van der Waals surface area (Å²) in [5, 5.41) is 8.24. The molecule has 0 atom stereocenters. The van der Waals surface area contributed by atoms with Gasteiger partial charge in [0, 0.05) is 6.61 Å². The normalized spacial score (nSPS) is 8.67. The van der Waals surface area contributed by atoms with Crippen LogP contribution >= 0.6 is 0 Å². The molecule has 0 unspecified atom stereocenters. The van der Waals surface area contributed by atoms with Crippen LogP contribution in [0.3, 0.4) is 0 Å². The molecule has 0 radical (unpaired) electrons. The molecule has 3 heteroatoms. The molecule has 3 nitrogen and oxygen atoms in total. The summed E-state index contributed by atoms with van der Waals surface area (Å²) >= 11 is 0. The average Bonchev–Trinajstić information content (AvgIpc) is 1.81. The molecule has 0 aromatic carbocycles. The van der Waals surface area contributed by atoms with Crippen LogP contribution in [-0.4, -0.2) is 30.4 Å². The summed E-state index contributed by atoms with van der Waals surface area (Å²) in [6.07, 6.45) is 2.26. The molecule has 0 aromatic rings. The minimum atomic E-state index is 0. The van der Waals surface area contributed by atoms with Crippen LogP contribution in [0.1, 0.15) is 19.8 Å². The Balaban J connectivity index is 0. The summed E-state index contributed by atoms with van der Waals surface area (Å²) in [5.41, 5.74) is 0. The van der Waals surface area contributed by atoms with E-state index in [2.05, 4.69) is 6.92 Å². The number of hydrogen-bond acceptors (Lipinski definition) is 2. The predicted octanol–water partition coefficient (Wildman–Crippen LogP) is -0.0293. The maximum Gasteiger partial charge on any atom is 0.0697 e. The van der Waals surface area contributed by atoms with Crippen molar-refractivity contribution >= 4 is 0 Å². The Morgan fingerprint density at radius 1 is 1.33 bits per heavy atom. The summed E-state index contributed by atoms with van der Waals surface area (Å²) in [7, 11) is 0. The Morgan fingerprint density at radius 3 is 2.44 bits per heavy atom. The highest BCUT2D eigenvalue weighted by atomic mass is 16.5. The van der Waals surface area contributed by atoms with Crippen molar-refractivity contribution in [2.45, 2.75) is 19.8 Å². The first-order valence-electron chi connectivity index (χ1n) is 3.10. The zero-order chi connectivity index (χ0) is 6.24. The van der Waals surface area contributed by atoms with Crippen LogP contribution in [0.4, 0.5) is 0 Å². The minimum Gasteiger partial charge on any atom is -0.412 e. The molecule has 3 N–H and O–H groups in total. The summed E-state index contributed by atoms with van der Waals surface area (Å²) in [6, 6.07) is 0. The Hall–Kier alpha value is -0.120. The first-order valence-corrected chi connectivity index (χ1v) is 3.10. The first-order chi connectivity index (χ1) is 3.91. The van der Waals surface area contributed by atoms with Gasteiger partial charge in [0.1, 0.15) is 0 Å². The van der Waals surface area contributed by atoms with Gasteiger partial charge >= 0.3 is 0 Å². The van der Waals surface area contributed by atoms with Gasteiger partial charge in [0.25, 0.3) is 0 Å². The van der Waals surface area contributed by atoms with Gasteiger partial charge in [0.05, 0.1) is 13.2 Å². The molecule has 0 bridgehead atoms. The van der Waals surface area contributed by atoms with Crippen molar-refractivity contribution < 1.29 is 15.3 Å². The molecule has 0 fully saturated rings. The van der Waals surface area contributed by atoms with Crippen LogP contribution in [0.15, 0.2) is 0 Å². The fourth-order valence-electron chi connectivity index (χ4n) is 0.413. The highest BCUT2D eigenvalue weighted by molar-refractivity contribution is 4.30. The Morgan fingerprint density at radius 2 is 2.00 bits per heavy atom. The van der Waals surface area contributed by atoms with Gasteiger partial charge < -0.3 is 15.3 Å². The van der Waals surface area contributed by atoms with E-state index in [4.69, 9.17) is 9.84 Å². The van der Waals surface area contributed by atoms with Crippen molar-refractivity contribution in [1.82, 2.24) is 0 Å². The molecule has 0 aliphatic rings. The molecule has 0 rings (SSSR count). The molecular formula is C6H16O3. The third kappa shape index (κ3) is 11.4. The molecule has 0 spiro atoms. The molecule has 9 heavy (non-hydrogen) atoms. The summed E-state index contributed by atoms with van der Waals surface area (Å²) in [6.45, 7) is 3.53. The highest BCUT2D eigenvalue weighted by Gasteiger charge is 1.82. The van der Waals surface area contributed by atoms with E-state index in [1.807, 2.05) is 0 Å². The predicted molar refractivity (Wildman–Crippen MR) is 36.4 cm³/mol. The van der Waals surface area contributed by atoms with Crippen LogP contribution in [0, 0.1) is 0 Å². The fraction of sp³-hybridized carbons (Fsp3) is 1.00. The van der Waals surface area contributed by atoms with Crippen molar-refractivity contribution in [3.05, 3.63) is 0 Å². The van der Waals surface area contributed by atoms with Gasteiger partial charge in [-0.15, -0.1) is 0 Å². The monoisotopic (exact) mass is 136 g/mol. The molecule has 58 valence electrons. The number of rotatable bonds is 5. The van der Waals surface area contributed by atoms with E-state index in [0.717, 1.165) is 19.4 Å². The largest absolute Gasteiger partial charge is 0.412 e. The van der Waals surface area contributed by atoms with Crippen molar-refractivity contribution in [2.24, 2.45) is 0 Å². The smallest absolute Gasteiger partial charge is 0.0697 e. The van der Waals surface area contributed by atoms with Crippen LogP contribution in [-0.2, 0) is 4.74 Å². The molecule has 0 aromatic heterocycles. The average molecular weight is 136 g/mol. The van der Waals surface area contributed by atoms with Crippen LogP contribution in [0.5, 0.6) is 0 Å². The zero-order valence-corrected chi connectivity index (χ0v) is 5.89. The summed E-state index contributed by atoms with van der Waals surface area (Å²) in [5.74, 6) is 0. The molecule has 0 saturated carbocycles. The van der Waals surface area contributed by atoms with E-state index < -0.39 is 0 Å². The lowest BCUT2D eigenvalue weighted by Gasteiger charge is -1.97. The molecule has 0 amide bonds. The lowest BCUT2D eigenvalue weighted by molar-refractivity contribution is 0.0904. The molecule has 0 aliphatic carbocycles.